The zero-order chi connectivity index (χ0) is 16.7. The van der Waals surface area contributed by atoms with Crippen LogP contribution >= 0.6 is 34.7 Å². The van der Waals surface area contributed by atoms with Crippen LogP contribution in [-0.2, 0) is 20.1 Å². The first-order chi connectivity index (χ1) is 11.0. The van der Waals surface area contributed by atoms with E-state index >= 15 is 0 Å². The summed E-state index contributed by atoms with van der Waals surface area (Å²) < 4.78 is 17.8. The number of thioether (sulfide) groups is 1. The van der Waals surface area contributed by atoms with Crippen molar-refractivity contribution in [2.75, 3.05) is 17.7 Å². The van der Waals surface area contributed by atoms with E-state index in [1.165, 1.54) is 28.8 Å². The second-order valence-electron chi connectivity index (χ2n) is 4.41. The molecule has 1 amide bonds. The van der Waals surface area contributed by atoms with Gasteiger partial charge >= 0.3 is 5.97 Å². The minimum Gasteiger partial charge on any atom is -0.455 e. The first kappa shape index (κ1) is 17.8. The van der Waals surface area contributed by atoms with Gasteiger partial charge in [-0.2, -0.15) is 0 Å². The minimum absolute atomic E-state index is 0.0798. The average Bonchev–Trinajstić information content (AvgIpc) is 3.01. The summed E-state index contributed by atoms with van der Waals surface area (Å²) in [6, 6.07) is 7.54. The van der Waals surface area contributed by atoms with Gasteiger partial charge in [-0.05, 0) is 29.6 Å². The molecule has 0 spiro atoms. The second-order valence-corrected chi connectivity index (χ2v) is 6.83. The molecule has 0 aliphatic heterocycles. The van der Waals surface area contributed by atoms with Crippen molar-refractivity contribution in [2.24, 2.45) is 0 Å². The van der Waals surface area contributed by atoms with Crippen molar-refractivity contribution in [1.82, 2.24) is 0 Å². The third-order valence-corrected chi connectivity index (χ3v) is 4.94. The largest absolute Gasteiger partial charge is 0.455 e. The van der Waals surface area contributed by atoms with Gasteiger partial charge in [-0.1, -0.05) is 17.7 Å². The molecule has 1 aromatic carbocycles. The van der Waals surface area contributed by atoms with Gasteiger partial charge in [0.05, 0.1) is 16.5 Å². The zero-order valence-electron chi connectivity index (χ0n) is 11.9. The van der Waals surface area contributed by atoms with Crippen LogP contribution in [0.5, 0.6) is 0 Å². The topological polar surface area (TPSA) is 55.4 Å². The van der Waals surface area contributed by atoms with E-state index in [0.717, 1.165) is 11.8 Å². The summed E-state index contributed by atoms with van der Waals surface area (Å²) in [6.45, 7) is -0.411. The first-order valence-corrected chi connectivity index (χ1v) is 8.96. The van der Waals surface area contributed by atoms with Crippen molar-refractivity contribution in [1.29, 1.82) is 0 Å². The highest BCUT2D eigenvalue weighted by Crippen LogP contribution is 2.22. The predicted octanol–water partition coefficient (Wildman–Crippen LogP) is 3.96. The Kier molecular flexibility index (Phi) is 6.88. The Balaban J connectivity index is 1.68. The molecule has 0 saturated carbocycles. The molecule has 0 bridgehead atoms. The van der Waals surface area contributed by atoms with Crippen LogP contribution in [0.1, 0.15) is 4.88 Å². The molecule has 1 N–H and O–H groups in total. The van der Waals surface area contributed by atoms with E-state index < -0.39 is 24.3 Å². The number of anilines is 1. The van der Waals surface area contributed by atoms with Crippen molar-refractivity contribution < 1.29 is 18.7 Å². The summed E-state index contributed by atoms with van der Waals surface area (Å²) in [5, 5.41) is 4.50. The van der Waals surface area contributed by atoms with E-state index in [1.54, 1.807) is 11.3 Å². The number of hydrogen-bond donors (Lipinski definition) is 1. The third kappa shape index (κ3) is 6.21. The van der Waals surface area contributed by atoms with E-state index in [2.05, 4.69) is 5.32 Å². The van der Waals surface area contributed by atoms with Gasteiger partial charge in [-0.3, -0.25) is 9.59 Å². The highest BCUT2D eigenvalue weighted by atomic mass is 35.5. The first-order valence-electron chi connectivity index (χ1n) is 6.55. The minimum atomic E-state index is -0.532. The fourth-order valence-corrected chi connectivity index (χ4v) is 3.47. The van der Waals surface area contributed by atoms with Gasteiger partial charge in [0.1, 0.15) is 5.82 Å². The van der Waals surface area contributed by atoms with Crippen LogP contribution in [0.4, 0.5) is 10.1 Å². The molecule has 2 aromatic rings. The predicted molar refractivity (Wildman–Crippen MR) is 91.5 cm³/mol. The molecule has 0 unspecified atom stereocenters. The fraction of sp³-hybridized carbons (Fsp3) is 0.200. The van der Waals surface area contributed by atoms with Gasteiger partial charge in [0.15, 0.2) is 6.61 Å². The Labute approximate surface area is 146 Å². The summed E-state index contributed by atoms with van der Waals surface area (Å²) in [7, 11) is 0. The second kappa shape index (κ2) is 8.90. The normalized spacial score (nSPS) is 10.3. The molecule has 4 nitrogen and oxygen atoms in total. The smallest absolute Gasteiger partial charge is 0.316 e. The van der Waals surface area contributed by atoms with Gasteiger partial charge in [0.2, 0.25) is 0 Å². The molecule has 2 rings (SSSR count). The number of halogens is 2. The summed E-state index contributed by atoms with van der Waals surface area (Å²) in [5.41, 5.74) is 0.265. The SMILES string of the molecule is O=C(COC(=O)CSCc1cccs1)Nc1ccc(F)cc1Cl. The molecule has 122 valence electrons. The Hall–Kier alpha value is -1.57. The van der Waals surface area contributed by atoms with E-state index in [0.29, 0.717) is 0 Å². The summed E-state index contributed by atoms with van der Waals surface area (Å²) in [6.07, 6.45) is 0. The molecule has 8 heteroatoms. The maximum Gasteiger partial charge on any atom is 0.316 e. The van der Waals surface area contributed by atoms with E-state index in [4.69, 9.17) is 16.3 Å². The maximum atomic E-state index is 12.9. The number of ether oxygens (including phenoxy) is 1. The number of carbonyl (C=O) groups is 2. The van der Waals surface area contributed by atoms with Crippen molar-refractivity contribution >= 4 is 52.3 Å². The fourth-order valence-electron chi connectivity index (χ4n) is 1.59. The summed E-state index contributed by atoms with van der Waals surface area (Å²) >= 11 is 8.83. The van der Waals surface area contributed by atoms with Crippen LogP contribution in [0.25, 0.3) is 0 Å². The number of thiophene rings is 1. The lowest BCUT2D eigenvalue weighted by Gasteiger charge is -2.08. The maximum absolute atomic E-state index is 12.9. The molecule has 0 atom stereocenters. The van der Waals surface area contributed by atoms with Crippen LogP contribution in [0.3, 0.4) is 0 Å². The molecule has 0 saturated heterocycles. The highest BCUT2D eigenvalue weighted by Gasteiger charge is 2.10. The van der Waals surface area contributed by atoms with Crippen LogP contribution in [0, 0.1) is 5.82 Å². The van der Waals surface area contributed by atoms with Crippen molar-refractivity contribution in [2.45, 2.75) is 5.75 Å². The third-order valence-electron chi connectivity index (χ3n) is 2.61. The van der Waals surface area contributed by atoms with Gasteiger partial charge in [0.25, 0.3) is 5.91 Å². The van der Waals surface area contributed by atoms with Crippen LogP contribution in [0.2, 0.25) is 5.02 Å². The summed E-state index contributed by atoms with van der Waals surface area (Å²) in [4.78, 5) is 24.4. The molecule has 0 radical (unpaired) electrons. The molecule has 0 fully saturated rings. The number of nitrogens with one attached hydrogen (secondary N) is 1. The zero-order valence-corrected chi connectivity index (χ0v) is 14.3. The lowest BCUT2D eigenvalue weighted by atomic mass is 10.3. The van der Waals surface area contributed by atoms with Crippen molar-refractivity contribution in [3.05, 3.63) is 51.4 Å². The van der Waals surface area contributed by atoms with E-state index in [-0.39, 0.29) is 16.5 Å². The van der Waals surface area contributed by atoms with Crippen LogP contribution in [-0.4, -0.2) is 24.2 Å². The number of esters is 1. The van der Waals surface area contributed by atoms with Gasteiger partial charge in [-0.25, -0.2) is 4.39 Å². The van der Waals surface area contributed by atoms with Crippen molar-refractivity contribution in [3.8, 4) is 0 Å². The summed E-state index contributed by atoms with van der Waals surface area (Å²) in [5.74, 6) is -0.601. The molecular weight excluding hydrogens is 361 g/mol. The van der Waals surface area contributed by atoms with E-state index in [9.17, 15) is 14.0 Å². The Bertz CT molecular complexity index is 679. The van der Waals surface area contributed by atoms with E-state index in [1.807, 2.05) is 17.5 Å². The lowest BCUT2D eigenvalue weighted by molar-refractivity contribution is -0.144. The Morgan fingerprint density at radius 3 is 2.87 bits per heavy atom. The van der Waals surface area contributed by atoms with Crippen molar-refractivity contribution in [3.63, 3.8) is 0 Å². The average molecular weight is 374 g/mol. The van der Waals surface area contributed by atoms with Crippen LogP contribution < -0.4 is 5.32 Å². The quantitative estimate of drug-likeness (QED) is 0.746. The molecule has 1 heterocycles. The van der Waals surface area contributed by atoms with Crippen LogP contribution in [0.15, 0.2) is 35.7 Å². The molecule has 0 aliphatic carbocycles. The Morgan fingerprint density at radius 2 is 2.17 bits per heavy atom. The molecule has 0 aliphatic rings. The molecular formula is C15H13ClFNO3S2. The standard InChI is InChI=1S/C15H13ClFNO3S2/c16-12-6-10(17)3-4-13(12)18-14(19)7-21-15(20)9-22-8-11-2-1-5-23-11/h1-6H,7-9H2,(H,18,19). The lowest BCUT2D eigenvalue weighted by Crippen LogP contribution is -2.21. The monoisotopic (exact) mass is 373 g/mol. The highest BCUT2D eigenvalue weighted by molar-refractivity contribution is 7.99. The van der Waals surface area contributed by atoms with Gasteiger partial charge in [0, 0.05) is 10.6 Å². The number of rotatable bonds is 7. The van der Waals surface area contributed by atoms with Gasteiger partial charge < -0.3 is 10.1 Å². The number of carbonyl (C=O) groups excluding carboxylic acids is 2. The number of amides is 1. The number of benzene rings is 1. The molecule has 23 heavy (non-hydrogen) atoms. The number of hydrogen-bond acceptors (Lipinski definition) is 5. The molecule has 1 aromatic heterocycles. The van der Waals surface area contributed by atoms with Gasteiger partial charge in [-0.15, -0.1) is 23.1 Å². The Morgan fingerprint density at radius 1 is 1.35 bits per heavy atom.